The van der Waals surface area contributed by atoms with E-state index in [0.717, 1.165) is 16.3 Å². The Morgan fingerprint density at radius 3 is 3.05 bits per heavy atom. The number of hydrogen-bond acceptors (Lipinski definition) is 4. The zero-order valence-electron chi connectivity index (χ0n) is 10.3. The number of para-hydroxylation sites is 1. The molecule has 3 rings (SSSR count). The van der Waals surface area contributed by atoms with E-state index in [2.05, 4.69) is 49.4 Å². The van der Waals surface area contributed by atoms with Gasteiger partial charge in [0.2, 0.25) is 5.88 Å². The molecule has 0 radical (unpaired) electrons. The van der Waals surface area contributed by atoms with Crippen molar-refractivity contribution in [2.45, 2.75) is 6.54 Å². The zero-order chi connectivity index (χ0) is 13.2. The van der Waals surface area contributed by atoms with Crippen LogP contribution < -0.4 is 10.1 Å². The van der Waals surface area contributed by atoms with Crippen LogP contribution in [0.1, 0.15) is 5.69 Å². The van der Waals surface area contributed by atoms with Crippen molar-refractivity contribution in [3.63, 3.8) is 0 Å². The summed E-state index contributed by atoms with van der Waals surface area (Å²) in [5, 5.41) is 5.45. The highest BCUT2D eigenvalue weighted by Crippen LogP contribution is 2.25. The van der Waals surface area contributed by atoms with Gasteiger partial charge in [-0.3, -0.25) is 4.40 Å². The van der Waals surface area contributed by atoms with E-state index >= 15 is 0 Å². The van der Waals surface area contributed by atoms with Gasteiger partial charge in [0, 0.05) is 20.8 Å². The van der Waals surface area contributed by atoms with E-state index in [1.54, 1.807) is 18.4 Å². The van der Waals surface area contributed by atoms with Crippen molar-refractivity contribution in [1.82, 2.24) is 9.38 Å². The van der Waals surface area contributed by atoms with E-state index in [4.69, 9.17) is 4.74 Å². The Hall–Kier alpha value is -1.28. The lowest BCUT2D eigenvalue weighted by Crippen LogP contribution is -2.04. The summed E-state index contributed by atoms with van der Waals surface area (Å²) in [5.74, 6) is 0.685. The molecule has 0 spiro atoms. The summed E-state index contributed by atoms with van der Waals surface area (Å²) >= 11 is 3.93. The van der Waals surface area contributed by atoms with Gasteiger partial charge in [0.05, 0.1) is 13.7 Å². The third-order valence-electron chi connectivity index (χ3n) is 2.84. The molecule has 1 aromatic carbocycles. The second-order valence-electron chi connectivity index (χ2n) is 3.96. The molecule has 4 nitrogen and oxygen atoms in total. The van der Waals surface area contributed by atoms with E-state index in [1.807, 2.05) is 23.7 Å². The normalized spacial score (nSPS) is 10.8. The molecule has 2 heterocycles. The molecule has 0 aliphatic heterocycles. The molecule has 0 aliphatic rings. The number of rotatable bonds is 4. The quantitative estimate of drug-likeness (QED) is 0.698. The van der Waals surface area contributed by atoms with Crippen molar-refractivity contribution in [3.05, 3.63) is 45.1 Å². The lowest BCUT2D eigenvalue weighted by atomic mass is 10.3. The number of halogens is 1. The summed E-state index contributed by atoms with van der Waals surface area (Å²) in [6.45, 7) is 0.682. The maximum absolute atomic E-state index is 5.34. The fourth-order valence-corrected chi connectivity index (χ4v) is 3.22. The first-order valence-electron chi connectivity index (χ1n) is 5.76. The number of anilines is 1. The minimum atomic E-state index is 0.682. The topological polar surface area (TPSA) is 38.6 Å². The third-order valence-corrected chi connectivity index (χ3v) is 4.54. The van der Waals surface area contributed by atoms with Crippen LogP contribution in [-0.2, 0) is 6.54 Å². The molecule has 0 amide bonds. The van der Waals surface area contributed by atoms with Crippen molar-refractivity contribution >= 4 is 44.6 Å². The summed E-state index contributed by atoms with van der Waals surface area (Å²) < 4.78 is 8.60. The van der Waals surface area contributed by atoms with Gasteiger partial charge in [-0.05, 0) is 34.7 Å². The van der Waals surface area contributed by atoms with Gasteiger partial charge < -0.3 is 10.1 Å². The Labute approximate surface area is 128 Å². The number of aromatic nitrogens is 2. The Balaban J connectivity index is 1.89. The molecule has 0 saturated heterocycles. The van der Waals surface area contributed by atoms with Crippen molar-refractivity contribution in [1.29, 1.82) is 0 Å². The summed E-state index contributed by atoms with van der Waals surface area (Å²) in [5.41, 5.74) is 2.16. The monoisotopic (exact) mass is 385 g/mol. The molecular formula is C13H12IN3OS. The van der Waals surface area contributed by atoms with Gasteiger partial charge in [0.25, 0.3) is 0 Å². The summed E-state index contributed by atoms with van der Waals surface area (Å²) in [6, 6.07) is 8.21. The van der Waals surface area contributed by atoms with Crippen LogP contribution in [0, 0.1) is 3.57 Å². The van der Waals surface area contributed by atoms with Crippen LogP contribution >= 0.6 is 33.9 Å². The highest BCUT2D eigenvalue weighted by atomic mass is 127. The van der Waals surface area contributed by atoms with Crippen molar-refractivity contribution < 1.29 is 4.74 Å². The predicted octanol–water partition coefficient (Wildman–Crippen LogP) is 3.62. The van der Waals surface area contributed by atoms with Gasteiger partial charge in [0.15, 0.2) is 4.96 Å². The summed E-state index contributed by atoms with van der Waals surface area (Å²) in [6.07, 6.45) is 2.02. The van der Waals surface area contributed by atoms with Gasteiger partial charge in [-0.25, -0.2) is 0 Å². The minimum Gasteiger partial charge on any atom is -0.480 e. The minimum absolute atomic E-state index is 0.682. The Morgan fingerprint density at radius 1 is 1.42 bits per heavy atom. The van der Waals surface area contributed by atoms with Gasteiger partial charge >= 0.3 is 0 Å². The number of hydrogen-bond donors (Lipinski definition) is 1. The van der Waals surface area contributed by atoms with Crippen molar-refractivity contribution in [3.8, 4) is 5.88 Å². The first-order valence-corrected chi connectivity index (χ1v) is 7.72. The zero-order valence-corrected chi connectivity index (χ0v) is 13.2. The Morgan fingerprint density at radius 2 is 2.26 bits per heavy atom. The lowest BCUT2D eigenvalue weighted by Gasteiger charge is -2.08. The molecule has 0 fully saturated rings. The van der Waals surface area contributed by atoms with Crippen LogP contribution in [0.5, 0.6) is 5.88 Å². The number of methoxy groups -OCH3 is 1. The van der Waals surface area contributed by atoms with Gasteiger partial charge in [-0.2, -0.15) is 4.98 Å². The number of nitrogens with zero attached hydrogens (tertiary/aromatic N) is 2. The molecule has 0 atom stereocenters. The van der Waals surface area contributed by atoms with E-state index in [-0.39, 0.29) is 0 Å². The number of ether oxygens (including phenoxy) is 1. The second-order valence-corrected chi connectivity index (χ2v) is 5.99. The van der Waals surface area contributed by atoms with Crippen LogP contribution in [0.15, 0.2) is 35.8 Å². The molecule has 2 aromatic heterocycles. The maximum atomic E-state index is 5.34. The number of nitrogens with one attached hydrogen (secondary N) is 1. The van der Waals surface area contributed by atoms with Gasteiger partial charge in [0.1, 0.15) is 5.69 Å². The third kappa shape index (κ3) is 2.42. The Bertz CT molecular complexity index is 707. The number of imidazole rings is 1. The second kappa shape index (κ2) is 5.38. The lowest BCUT2D eigenvalue weighted by molar-refractivity contribution is 0.395. The van der Waals surface area contributed by atoms with E-state index in [0.29, 0.717) is 12.4 Å². The van der Waals surface area contributed by atoms with Gasteiger partial charge in [-0.1, -0.05) is 12.1 Å². The van der Waals surface area contributed by atoms with Gasteiger partial charge in [-0.15, -0.1) is 11.3 Å². The molecule has 0 unspecified atom stereocenters. The fraction of sp³-hybridized carbons (Fsp3) is 0.154. The molecule has 0 aliphatic carbocycles. The molecule has 6 heteroatoms. The van der Waals surface area contributed by atoms with E-state index < -0.39 is 0 Å². The SMILES string of the molecule is COc1nc2sccn2c1CNc1ccccc1I. The molecule has 19 heavy (non-hydrogen) atoms. The molecule has 0 bridgehead atoms. The standard InChI is InChI=1S/C13H12IN3OS/c1-18-12-11(17-6-7-19-13(17)16-12)8-15-10-5-3-2-4-9(10)14/h2-7,15H,8H2,1H3. The predicted molar refractivity (Wildman–Crippen MR) is 86.1 cm³/mol. The highest BCUT2D eigenvalue weighted by molar-refractivity contribution is 14.1. The van der Waals surface area contributed by atoms with Crippen LogP contribution in [0.25, 0.3) is 4.96 Å². The molecular weight excluding hydrogens is 373 g/mol. The molecule has 1 N–H and O–H groups in total. The number of fused-ring (bicyclic) bond motifs is 1. The van der Waals surface area contributed by atoms with Crippen molar-refractivity contribution in [2.75, 3.05) is 12.4 Å². The smallest absolute Gasteiger partial charge is 0.238 e. The maximum Gasteiger partial charge on any atom is 0.238 e. The van der Waals surface area contributed by atoms with E-state index in [1.165, 1.54) is 3.57 Å². The fourth-order valence-electron chi connectivity index (χ4n) is 1.92. The first-order chi connectivity index (χ1) is 9.29. The average Bonchev–Trinajstić information content (AvgIpc) is 2.98. The van der Waals surface area contributed by atoms with Crippen LogP contribution in [0.4, 0.5) is 5.69 Å². The number of benzene rings is 1. The summed E-state index contributed by atoms with van der Waals surface area (Å²) in [4.78, 5) is 5.40. The number of thiazole rings is 1. The largest absolute Gasteiger partial charge is 0.480 e. The molecule has 98 valence electrons. The van der Waals surface area contributed by atoms with Crippen molar-refractivity contribution in [2.24, 2.45) is 0 Å². The van der Waals surface area contributed by atoms with Crippen LogP contribution in [0.2, 0.25) is 0 Å². The first kappa shape index (κ1) is 12.7. The highest BCUT2D eigenvalue weighted by Gasteiger charge is 2.13. The average molecular weight is 385 g/mol. The summed E-state index contributed by atoms with van der Waals surface area (Å²) in [7, 11) is 1.65. The van der Waals surface area contributed by atoms with E-state index in [9.17, 15) is 0 Å². The van der Waals surface area contributed by atoms with Crippen LogP contribution in [0.3, 0.4) is 0 Å². The van der Waals surface area contributed by atoms with Crippen LogP contribution in [-0.4, -0.2) is 16.5 Å². The Kier molecular flexibility index (Phi) is 3.61. The molecule has 0 saturated carbocycles. The molecule has 3 aromatic rings.